The lowest BCUT2D eigenvalue weighted by molar-refractivity contribution is 0.476. The van der Waals surface area contributed by atoms with Gasteiger partial charge in [-0.2, -0.15) is 0 Å². The minimum Gasteiger partial charge on any atom is -0.310 e. The molecule has 3 heteroatoms. The smallest absolute Gasteiger partial charge is 0.0656 e. The first-order chi connectivity index (χ1) is 9.27. The van der Waals surface area contributed by atoms with Gasteiger partial charge in [-0.15, -0.1) is 11.3 Å². The highest BCUT2D eigenvalue weighted by Crippen LogP contribution is 2.26. The highest BCUT2D eigenvalue weighted by molar-refractivity contribution is 14.1. The maximum Gasteiger partial charge on any atom is 0.0656 e. The minimum atomic E-state index is 0.570. The number of thiophene rings is 1. The molecular formula is C16H28INS. The van der Waals surface area contributed by atoms with Crippen molar-refractivity contribution >= 4 is 33.9 Å². The zero-order valence-corrected chi connectivity index (χ0v) is 15.4. The fourth-order valence-corrected chi connectivity index (χ4v) is 3.87. The lowest BCUT2D eigenvalue weighted by atomic mass is 10.0. The lowest BCUT2D eigenvalue weighted by Gasteiger charge is -2.16. The van der Waals surface area contributed by atoms with Crippen molar-refractivity contribution in [2.75, 3.05) is 6.54 Å². The zero-order valence-electron chi connectivity index (χ0n) is 12.4. The van der Waals surface area contributed by atoms with Crippen LogP contribution >= 0.6 is 33.9 Å². The van der Waals surface area contributed by atoms with Gasteiger partial charge in [0.2, 0.25) is 0 Å². The summed E-state index contributed by atoms with van der Waals surface area (Å²) in [5, 5.41) is 5.94. The van der Waals surface area contributed by atoms with Crippen molar-refractivity contribution in [3.63, 3.8) is 0 Å². The van der Waals surface area contributed by atoms with Gasteiger partial charge in [-0.25, -0.2) is 0 Å². The lowest BCUT2D eigenvalue weighted by Crippen LogP contribution is -2.20. The molecule has 1 atom stereocenters. The van der Waals surface area contributed by atoms with E-state index in [0.29, 0.717) is 6.04 Å². The molecule has 0 aliphatic heterocycles. The fraction of sp³-hybridized carbons (Fsp3) is 0.750. The van der Waals surface area contributed by atoms with Crippen LogP contribution in [0.4, 0.5) is 0 Å². The van der Waals surface area contributed by atoms with Crippen molar-refractivity contribution in [2.45, 2.75) is 71.3 Å². The summed E-state index contributed by atoms with van der Waals surface area (Å²) in [6.07, 6.45) is 11.1. The predicted octanol–water partition coefficient (Wildman–Crippen LogP) is 6.14. The molecule has 110 valence electrons. The first kappa shape index (κ1) is 17.4. The summed E-state index contributed by atoms with van der Waals surface area (Å²) in [4.78, 5) is 0. The summed E-state index contributed by atoms with van der Waals surface area (Å²) in [5.74, 6) is 0. The Morgan fingerprint density at radius 3 is 2.37 bits per heavy atom. The van der Waals surface area contributed by atoms with Gasteiger partial charge in [0.05, 0.1) is 2.88 Å². The molecule has 0 aromatic carbocycles. The van der Waals surface area contributed by atoms with Crippen LogP contribution in [0.25, 0.3) is 0 Å². The Morgan fingerprint density at radius 1 is 1.11 bits per heavy atom. The van der Waals surface area contributed by atoms with Gasteiger partial charge < -0.3 is 5.32 Å². The zero-order chi connectivity index (χ0) is 13.9. The second kappa shape index (κ2) is 11.1. The predicted molar refractivity (Wildman–Crippen MR) is 96.1 cm³/mol. The van der Waals surface area contributed by atoms with Crippen molar-refractivity contribution in [1.82, 2.24) is 5.32 Å². The molecule has 1 heterocycles. The average Bonchev–Trinajstić information content (AvgIpc) is 2.83. The highest BCUT2D eigenvalue weighted by Gasteiger charge is 2.11. The van der Waals surface area contributed by atoms with Crippen LogP contribution in [0.1, 0.15) is 76.8 Å². The van der Waals surface area contributed by atoms with Gasteiger partial charge in [0, 0.05) is 6.04 Å². The van der Waals surface area contributed by atoms with Crippen LogP contribution in [0.2, 0.25) is 0 Å². The molecule has 0 aliphatic rings. The normalized spacial score (nSPS) is 12.8. The maximum absolute atomic E-state index is 3.63. The molecule has 1 rings (SSSR count). The van der Waals surface area contributed by atoms with Crippen LogP contribution in [0.15, 0.2) is 11.4 Å². The number of hydrogen-bond donors (Lipinski definition) is 1. The summed E-state index contributed by atoms with van der Waals surface area (Å²) in [7, 11) is 0. The van der Waals surface area contributed by atoms with Gasteiger partial charge in [0.15, 0.2) is 0 Å². The van der Waals surface area contributed by atoms with E-state index in [-0.39, 0.29) is 0 Å². The molecular weight excluding hydrogens is 365 g/mol. The van der Waals surface area contributed by atoms with E-state index in [9.17, 15) is 0 Å². The molecule has 1 unspecified atom stereocenters. The van der Waals surface area contributed by atoms with Crippen molar-refractivity contribution in [3.8, 4) is 0 Å². The molecule has 0 aliphatic carbocycles. The van der Waals surface area contributed by atoms with Crippen LogP contribution in [0.3, 0.4) is 0 Å². The Morgan fingerprint density at radius 2 is 1.79 bits per heavy atom. The molecule has 0 fully saturated rings. The minimum absolute atomic E-state index is 0.570. The van der Waals surface area contributed by atoms with Crippen LogP contribution in [-0.2, 0) is 0 Å². The first-order valence-electron chi connectivity index (χ1n) is 7.75. The Labute approximate surface area is 136 Å². The number of halogens is 1. The number of rotatable bonds is 11. The highest BCUT2D eigenvalue weighted by atomic mass is 127. The molecule has 0 saturated carbocycles. The van der Waals surface area contributed by atoms with Gasteiger partial charge in [0.1, 0.15) is 0 Å². The summed E-state index contributed by atoms with van der Waals surface area (Å²) in [6, 6.07) is 2.90. The third-order valence-electron chi connectivity index (χ3n) is 3.54. The van der Waals surface area contributed by atoms with Crippen molar-refractivity contribution in [1.29, 1.82) is 0 Å². The second-order valence-corrected chi connectivity index (χ2v) is 8.01. The summed E-state index contributed by atoms with van der Waals surface area (Å²) >= 11 is 4.27. The second-order valence-electron chi connectivity index (χ2n) is 5.20. The van der Waals surface area contributed by atoms with E-state index in [1.807, 2.05) is 11.3 Å². The van der Waals surface area contributed by atoms with Crippen molar-refractivity contribution < 1.29 is 0 Å². The molecule has 1 N–H and O–H groups in total. The molecule has 0 radical (unpaired) electrons. The molecule has 0 saturated heterocycles. The third-order valence-corrected chi connectivity index (χ3v) is 5.34. The van der Waals surface area contributed by atoms with E-state index in [4.69, 9.17) is 0 Å². The largest absolute Gasteiger partial charge is 0.310 e. The van der Waals surface area contributed by atoms with E-state index in [1.165, 1.54) is 59.8 Å². The fourth-order valence-electron chi connectivity index (χ4n) is 2.44. The van der Waals surface area contributed by atoms with Gasteiger partial charge in [-0.3, -0.25) is 0 Å². The standard InChI is InChI=1S/C16H28INS/c1-3-5-6-7-8-9-10-11-15(18-4-2)14-12-16(17)19-13-14/h12-13,15,18H,3-11H2,1-2H3. The van der Waals surface area contributed by atoms with E-state index in [1.54, 1.807) is 0 Å². The molecule has 1 aromatic rings. The summed E-state index contributed by atoms with van der Waals surface area (Å²) in [5.41, 5.74) is 1.49. The first-order valence-corrected chi connectivity index (χ1v) is 9.71. The Bertz CT molecular complexity index is 324. The SMILES string of the molecule is CCCCCCCCCC(NCC)c1csc(I)c1. The summed E-state index contributed by atoms with van der Waals surface area (Å²) < 4.78 is 1.40. The van der Waals surface area contributed by atoms with Crippen LogP contribution < -0.4 is 5.32 Å². The Kier molecular flexibility index (Phi) is 10.2. The Hall–Kier alpha value is 0.390. The molecule has 0 bridgehead atoms. The molecule has 19 heavy (non-hydrogen) atoms. The maximum atomic E-state index is 3.63. The van der Waals surface area contributed by atoms with E-state index < -0.39 is 0 Å². The number of nitrogens with one attached hydrogen (secondary N) is 1. The molecule has 1 nitrogen and oxygen atoms in total. The summed E-state index contributed by atoms with van der Waals surface area (Å²) in [6.45, 7) is 5.55. The van der Waals surface area contributed by atoms with Crippen LogP contribution in [0.5, 0.6) is 0 Å². The monoisotopic (exact) mass is 393 g/mol. The van der Waals surface area contributed by atoms with Gasteiger partial charge in [-0.05, 0) is 52.6 Å². The third kappa shape index (κ3) is 7.66. The van der Waals surface area contributed by atoms with Crippen molar-refractivity contribution in [3.05, 3.63) is 19.9 Å². The molecule has 1 aromatic heterocycles. The van der Waals surface area contributed by atoms with Gasteiger partial charge in [0.25, 0.3) is 0 Å². The van der Waals surface area contributed by atoms with Gasteiger partial charge in [-0.1, -0.05) is 58.8 Å². The van der Waals surface area contributed by atoms with E-state index in [2.05, 4.69) is 53.2 Å². The topological polar surface area (TPSA) is 12.0 Å². The quantitative estimate of drug-likeness (QED) is 0.352. The molecule has 0 spiro atoms. The van der Waals surface area contributed by atoms with Gasteiger partial charge >= 0.3 is 0 Å². The average molecular weight is 393 g/mol. The molecule has 0 amide bonds. The number of hydrogen-bond acceptors (Lipinski definition) is 2. The number of unbranched alkanes of at least 4 members (excludes halogenated alkanes) is 6. The van der Waals surface area contributed by atoms with E-state index in [0.717, 1.165) is 6.54 Å². The van der Waals surface area contributed by atoms with E-state index >= 15 is 0 Å². The van der Waals surface area contributed by atoms with Crippen molar-refractivity contribution in [2.24, 2.45) is 0 Å². The Balaban J connectivity index is 2.19. The van der Waals surface area contributed by atoms with Crippen LogP contribution in [0, 0.1) is 2.88 Å². The van der Waals surface area contributed by atoms with Crippen LogP contribution in [-0.4, -0.2) is 6.54 Å².